The quantitative estimate of drug-likeness (QED) is 0.328. The van der Waals surface area contributed by atoms with Gasteiger partial charge in [-0.1, -0.05) is 54.6 Å². The van der Waals surface area contributed by atoms with E-state index in [1.807, 2.05) is 60.7 Å². The molecule has 8 nitrogen and oxygen atoms in total. The largest absolute Gasteiger partial charge is 0.465 e. The molecule has 1 N–H and O–H groups in total. The summed E-state index contributed by atoms with van der Waals surface area (Å²) in [5.41, 5.74) is 4.74. The number of nitrogens with zero attached hydrogens (tertiary/aromatic N) is 3. The van der Waals surface area contributed by atoms with Gasteiger partial charge in [0.05, 0.1) is 17.2 Å². The average molecular weight is 524 g/mol. The van der Waals surface area contributed by atoms with Crippen LogP contribution in [-0.4, -0.2) is 52.6 Å². The maximum Gasteiger partial charge on any atom is 0.420 e. The van der Waals surface area contributed by atoms with Gasteiger partial charge in [0.15, 0.2) is 5.58 Å². The average Bonchev–Trinajstić information content (AvgIpc) is 3.28. The highest BCUT2D eigenvalue weighted by atomic mass is 16.4. The van der Waals surface area contributed by atoms with Crippen molar-refractivity contribution in [3.8, 4) is 11.1 Å². The molecule has 1 unspecified atom stereocenters. The Morgan fingerprint density at radius 3 is 2.49 bits per heavy atom. The Kier molecular flexibility index (Phi) is 6.62. The molecular weight excluding hydrogens is 494 g/mol. The Morgan fingerprint density at radius 2 is 1.79 bits per heavy atom. The third kappa shape index (κ3) is 4.79. The highest BCUT2D eigenvalue weighted by Gasteiger charge is 2.40. The van der Waals surface area contributed by atoms with Gasteiger partial charge in [-0.2, -0.15) is 0 Å². The van der Waals surface area contributed by atoms with Gasteiger partial charge in [-0.25, -0.2) is 9.59 Å². The first-order valence-electron chi connectivity index (χ1n) is 13.2. The van der Waals surface area contributed by atoms with Gasteiger partial charge in [0.1, 0.15) is 6.29 Å². The van der Waals surface area contributed by atoms with Gasteiger partial charge >= 0.3 is 11.8 Å². The lowest BCUT2D eigenvalue weighted by atomic mass is 9.82. The van der Waals surface area contributed by atoms with E-state index in [2.05, 4.69) is 4.90 Å². The fraction of sp³-hybridized carbons (Fsp3) is 0.258. The summed E-state index contributed by atoms with van der Waals surface area (Å²) in [5, 5.41) is 10.5. The fourth-order valence-electron chi connectivity index (χ4n) is 5.99. The summed E-state index contributed by atoms with van der Waals surface area (Å²) in [6.45, 7) is 3.07. The molecule has 0 saturated carbocycles. The lowest BCUT2D eigenvalue weighted by Gasteiger charge is -2.48. The number of hydrogen-bond acceptors (Lipinski definition) is 5. The number of hydrogen-bond donors (Lipinski definition) is 1. The molecule has 1 atom stereocenters. The van der Waals surface area contributed by atoms with Gasteiger partial charge in [-0.15, -0.1) is 0 Å². The number of anilines is 1. The predicted molar refractivity (Wildman–Crippen MR) is 150 cm³/mol. The second-order valence-corrected chi connectivity index (χ2v) is 10.2. The van der Waals surface area contributed by atoms with Crippen LogP contribution in [0.1, 0.15) is 28.8 Å². The van der Waals surface area contributed by atoms with Crippen LogP contribution >= 0.6 is 0 Å². The lowest BCUT2D eigenvalue weighted by Crippen LogP contribution is -2.59. The van der Waals surface area contributed by atoms with Crippen molar-refractivity contribution in [3.63, 3.8) is 0 Å². The minimum Gasteiger partial charge on any atom is -0.465 e. The number of carbonyl (C=O) groups excluding carboxylic acids is 1. The zero-order valence-corrected chi connectivity index (χ0v) is 21.4. The van der Waals surface area contributed by atoms with Crippen LogP contribution in [0.4, 0.5) is 10.5 Å². The molecule has 0 radical (unpaired) electrons. The number of piperidine rings is 3. The second-order valence-electron chi connectivity index (χ2n) is 10.2. The van der Waals surface area contributed by atoms with E-state index in [4.69, 9.17) is 4.42 Å². The molecule has 1 aromatic heterocycles. The molecule has 39 heavy (non-hydrogen) atoms. The van der Waals surface area contributed by atoms with E-state index in [0.29, 0.717) is 34.6 Å². The SMILES string of the molecule is O=Cc1ccc2c(c1)oc(=O)n2CC=Cc1ccc(-c2ccccc2)c(N(C(=O)O)C2CN3CCC2CC3)c1. The van der Waals surface area contributed by atoms with Crippen LogP contribution in [0.25, 0.3) is 28.3 Å². The summed E-state index contributed by atoms with van der Waals surface area (Å²) in [7, 11) is 0. The topological polar surface area (TPSA) is 96.0 Å². The highest BCUT2D eigenvalue weighted by molar-refractivity contribution is 5.94. The number of carboxylic acid groups (broad SMARTS) is 1. The summed E-state index contributed by atoms with van der Waals surface area (Å²) >= 11 is 0. The summed E-state index contributed by atoms with van der Waals surface area (Å²) in [6.07, 6.45) is 5.53. The predicted octanol–water partition coefficient (Wildman–Crippen LogP) is 5.37. The lowest BCUT2D eigenvalue weighted by molar-refractivity contribution is 0.0838. The Labute approximate surface area is 225 Å². The van der Waals surface area contributed by atoms with Crippen molar-refractivity contribution >= 4 is 35.2 Å². The number of aldehydes is 1. The van der Waals surface area contributed by atoms with E-state index in [1.54, 1.807) is 23.1 Å². The van der Waals surface area contributed by atoms with Gasteiger partial charge in [0, 0.05) is 24.2 Å². The van der Waals surface area contributed by atoms with Crippen LogP contribution in [0.5, 0.6) is 0 Å². The summed E-state index contributed by atoms with van der Waals surface area (Å²) < 4.78 is 6.81. The standard InChI is InChI=1S/C31H29N3O5/c35-20-22-9-11-26-29(18-22)39-31(38)33(26)14-4-5-21-8-10-25(23-6-2-1-3-7-23)27(17-21)34(30(36)37)28-19-32-15-12-24(28)13-16-32/h1-11,17-18,20,24,28H,12-16,19H2,(H,36,37). The van der Waals surface area contributed by atoms with Crippen LogP contribution in [0.2, 0.25) is 0 Å². The molecule has 198 valence electrons. The normalized spacial score (nSPS) is 20.5. The van der Waals surface area contributed by atoms with E-state index in [9.17, 15) is 19.5 Å². The molecule has 2 bridgehead atoms. The van der Waals surface area contributed by atoms with Crippen molar-refractivity contribution in [2.24, 2.45) is 5.92 Å². The number of amides is 1. The Bertz CT molecular complexity index is 1610. The fourth-order valence-corrected chi connectivity index (χ4v) is 5.99. The summed E-state index contributed by atoms with van der Waals surface area (Å²) in [5.74, 6) is -0.160. The highest BCUT2D eigenvalue weighted by Crippen LogP contribution is 2.39. The summed E-state index contributed by atoms with van der Waals surface area (Å²) in [4.78, 5) is 40.2. The number of benzene rings is 3. The molecule has 1 amide bonds. The smallest absolute Gasteiger partial charge is 0.420 e. The minimum absolute atomic E-state index is 0.0983. The first-order valence-corrected chi connectivity index (χ1v) is 13.2. The number of oxazole rings is 1. The van der Waals surface area contributed by atoms with Crippen molar-refractivity contribution < 1.29 is 19.1 Å². The molecule has 3 saturated heterocycles. The zero-order valence-electron chi connectivity index (χ0n) is 21.4. The number of fused-ring (bicyclic) bond motifs is 4. The molecule has 3 aliphatic heterocycles. The first kappa shape index (κ1) is 24.9. The van der Waals surface area contributed by atoms with Gasteiger partial charge in [-0.05, 0) is 67.2 Å². The molecule has 3 aromatic carbocycles. The maximum atomic E-state index is 12.8. The van der Waals surface area contributed by atoms with E-state index in [-0.39, 0.29) is 12.6 Å². The minimum atomic E-state index is -0.946. The van der Waals surface area contributed by atoms with Gasteiger partial charge < -0.3 is 14.4 Å². The van der Waals surface area contributed by atoms with Gasteiger partial charge in [0.2, 0.25) is 0 Å². The van der Waals surface area contributed by atoms with Gasteiger partial charge in [-0.3, -0.25) is 14.3 Å². The van der Waals surface area contributed by atoms with Gasteiger partial charge in [0.25, 0.3) is 0 Å². The number of carbonyl (C=O) groups is 2. The number of rotatable bonds is 7. The second kappa shape index (κ2) is 10.4. The van der Waals surface area contributed by atoms with Crippen molar-refractivity contribution in [3.05, 3.63) is 94.5 Å². The van der Waals surface area contributed by atoms with Crippen LogP contribution in [0, 0.1) is 5.92 Å². The summed E-state index contributed by atoms with van der Waals surface area (Å²) in [6, 6.07) is 20.5. The molecule has 7 rings (SSSR count). The van der Waals surface area contributed by atoms with E-state index >= 15 is 0 Å². The molecule has 8 heteroatoms. The Hall–Kier alpha value is -4.43. The zero-order chi connectivity index (χ0) is 26.9. The van der Waals surface area contributed by atoms with Crippen LogP contribution in [0.15, 0.2) is 82.0 Å². The van der Waals surface area contributed by atoms with Crippen LogP contribution < -0.4 is 10.7 Å². The number of allylic oxidation sites excluding steroid dienone is 1. The van der Waals surface area contributed by atoms with E-state index < -0.39 is 11.8 Å². The van der Waals surface area contributed by atoms with Crippen LogP contribution in [-0.2, 0) is 6.54 Å². The van der Waals surface area contributed by atoms with E-state index in [1.165, 1.54) is 4.57 Å². The third-order valence-electron chi connectivity index (χ3n) is 7.95. The Balaban J connectivity index is 1.35. The Morgan fingerprint density at radius 1 is 1.03 bits per heavy atom. The molecular formula is C31H29N3O5. The van der Waals surface area contributed by atoms with E-state index in [0.717, 1.165) is 49.2 Å². The number of aromatic nitrogens is 1. The maximum absolute atomic E-state index is 12.8. The molecule has 3 aliphatic rings. The molecule has 0 spiro atoms. The van der Waals surface area contributed by atoms with Crippen molar-refractivity contribution in [1.82, 2.24) is 9.47 Å². The van der Waals surface area contributed by atoms with Crippen molar-refractivity contribution in [1.29, 1.82) is 0 Å². The molecule has 4 aromatic rings. The first-order chi connectivity index (χ1) is 19.0. The molecule has 0 aliphatic carbocycles. The molecule has 4 heterocycles. The third-order valence-corrected chi connectivity index (χ3v) is 7.95. The molecule has 3 fully saturated rings. The monoisotopic (exact) mass is 523 g/mol. The van der Waals surface area contributed by atoms with Crippen molar-refractivity contribution in [2.75, 3.05) is 24.5 Å². The van der Waals surface area contributed by atoms with Crippen molar-refractivity contribution in [2.45, 2.75) is 25.4 Å². The van der Waals surface area contributed by atoms with Crippen LogP contribution in [0.3, 0.4) is 0 Å².